The molecule has 16 heavy (non-hydrogen) atoms. The van der Waals surface area contributed by atoms with Crippen molar-refractivity contribution in [3.8, 4) is 0 Å². The molecule has 1 fully saturated rings. The van der Waals surface area contributed by atoms with Gasteiger partial charge < -0.3 is 10.4 Å². The van der Waals surface area contributed by atoms with Crippen molar-refractivity contribution in [2.24, 2.45) is 5.92 Å². The summed E-state index contributed by atoms with van der Waals surface area (Å²) in [5, 5.41) is 12.3. The van der Waals surface area contributed by atoms with Crippen LogP contribution in [0.5, 0.6) is 0 Å². The minimum atomic E-state index is -0.671. The van der Waals surface area contributed by atoms with Crippen LogP contribution in [0.1, 0.15) is 25.0 Å². The van der Waals surface area contributed by atoms with Gasteiger partial charge in [0.2, 0.25) is 0 Å². The summed E-state index contributed by atoms with van der Waals surface area (Å²) in [5.41, 5.74) is 2.00. The van der Waals surface area contributed by atoms with Crippen molar-refractivity contribution in [1.29, 1.82) is 0 Å². The number of hydrogen-bond donors (Lipinski definition) is 2. The van der Waals surface area contributed by atoms with Crippen molar-refractivity contribution in [3.05, 3.63) is 24.0 Å². The first kappa shape index (κ1) is 10.9. The first-order chi connectivity index (χ1) is 7.65. The maximum atomic E-state index is 10.8. The van der Waals surface area contributed by atoms with Crippen LogP contribution in [-0.2, 0) is 4.79 Å². The molecule has 0 unspecified atom stereocenters. The molecule has 0 aliphatic heterocycles. The van der Waals surface area contributed by atoms with E-state index in [1.54, 1.807) is 6.20 Å². The van der Waals surface area contributed by atoms with Crippen molar-refractivity contribution in [2.45, 2.75) is 32.2 Å². The van der Waals surface area contributed by atoms with E-state index in [1.165, 1.54) is 0 Å². The van der Waals surface area contributed by atoms with Crippen LogP contribution in [-0.4, -0.2) is 22.1 Å². The Hall–Kier alpha value is -1.58. The van der Waals surface area contributed by atoms with E-state index >= 15 is 0 Å². The van der Waals surface area contributed by atoms with Gasteiger partial charge in [0.1, 0.15) is 0 Å². The Morgan fingerprint density at radius 3 is 3.00 bits per heavy atom. The van der Waals surface area contributed by atoms with Crippen LogP contribution >= 0.6 is 0 Å². The molecule has 0 spiro atoms. The fourth-order valence-electron chi connectivity index (χ4n) is 2.21. The van der Waals surface area contributed by atoms with Crippen LogP contribution in [0.15, 0.2) is 18.3 Å². The van der Waals surface area contributed by atoms with Gasteiger partial charge >= 0.3 is 5.97 Å². The topological polar surface area (TPSA) is 62.2 Å². The van der Waals surface area contributed by atoms with Gasteiger partial charge in [-0.1, -0.05) is 0 Å². The number of hydrogen-bond acceptors (Lipinski definition) is 3. The van der Waals surface area contributed by atoms with Crippen molar-refractivity contribution in [3.63, 3.8) is 0 Å². The second kappa shape index (κ2) is 4.51. The minimum absolute atomic E-state index is 0.180. The van der Waals surface area contributed by atoms with Crippen LogP contribution in [0.2, 0.25) is 0 Å². The average Bonchev–Trinajstić information content (AvgIpc) is 2.66. The van der Waals surface area contributed by atoms with Crippen molar-refractivity contribution >= 4 is 11.7 Å². The minimum Gasteiger partial charge on any atom is -0.481 e. The summed E-state index contributed by atoms with van der Waals surface area (Å²) in [6.07, 6.45) is 4.19. The Bertz CT molecular complexity index is 392. The monoisotopic (exact) mass is 220 g/mol. The molecule has 2 atom stereocenters. The van der Waals surface area contributed by atoms with Gasteiger partial charge in [-0.15, -0.1) is 0 Å². The highest BCUT2D eigenvalue weighted by atomic mass is 16.4. The van der Waals surface area contributed by atoms with E-state index in [0.29, 0.717) is 0 Å². The molecule has 0 aromatic carbocycles. The van der Waals surface area contributed by atoms with Gasteiger partial charge in [0.05, 0.1) is 5.92 Å². The number of pyridine rings is 1. The molecule has 1 aromatic heterocycles. The van der Waals surface area contributed by atoms with E-state index in [9.17, 15) is 4.79 Å². The third-order valence-corrected chi connectivity index (χ3v) is 3.05. The SMILES string of the molecule is Cc1cc(N[C@H]2CC[C@@H](C(=O)O)C2)ccn1. The number of carbonyl (C=O) groups is 1. The van der Waals surface area contributed by atoms with Gasteiger partial charge in [0.25, 0.3) is 0 Å². The van der Waals surface area contributed by atoms with Crippen LogP contribution in [0.25, 0.3) is 0 Å². The molecule has 0 amide bonds. The number of carboxylic acids is 1. The van der Waals surface area contributed by atoms with E-state index < -0.39 is 5.97 Å². The molecule has 0 radical (unpaired) electrons. The number of carboxylic acid groups (broad SMARTS) is 1. The number of nitrogens with one attached hydrogen (secondary N) is 1. The van der Waals surface area contributed by atoms with Crippen molar-refractivity contribution in [1.82, 2.24) is 4.98 Å². The average molecular weight is 220 g/mol. The van der Waals surface area contributed by atoms with Crippen LogP contribution in [0, 0.1) is 12.8 Å². The number of rotatable bonds is 3. The summed E-state index contributed by atoms with van der Waals surface area (Å²) >= 11 is 0. The van der Waals surface area contributed by atoms with Crippen LogP contribution < -0.4 is 5.32 Å². The zero-order valence-electron chi connectivity index (χ0n) is 9.31. The van der Waals surface area contributed by atoms with E-state index in [0.717, 1.165) is 30.6 Å². The molecule has 1 saturated carbocycles. The lowest BCUT2D eigenvalue weighted by Crippen LogP contribution is -2.17. The number of aromatic nitrogens is 1. The molecule has 0 saturated heterocycles. The summed E-state index contributed by atoms with van der Waals surface area (Å²) in [5.74, 6) is -0.851. The highest BCUT2D eigenvalue weighted by Crippen LogP contribution is 2.28. The van der Waals surface area contributed by atoms with E-state index in [1.807, 2.05) is 19.1 Å². The van der Waals surface area contributed by atoms with Crippen LogP contribution in [0.4, 0.5) is 5.69 Å². The number of aryl methyl sites for hydroxylation is 1. The predicted octanol–water partition coefficient (Wildman–Crippen LogP) is 2.06. The fourth-order valence-corrected chi connectivity index (χ4v) is 2.21. The van der Waals surface area contributed by atoms with Crippen molar-refractivity contribution in [2.75, 3.05) is 5.32 Å². The fraction of sp³-hybridized carbons (Fsp3) is 0.500. The maximum absolute atomic E-state index is 10.8. The molecule has 0 bridgehead atoms. The number of anilines is 1. The standard InChI is InChI=1S/C12H16N2O2/c1-8-6-11(4-5-13-8)14-10-3-2-9(7-10)12(15)16/h4-6,9-10H,2-3,7H2,1H3,(H,13,14)(H,15,16)/t9-,10+/m1/s1. The first-order valence-electron chi connectivity index (χ1n) is 5.57. The zero-order chi connectivity index (χ0) is 11.5. The first-order valence-corrected chi connectivity index (χ1v) is 5.57. The second-order valence-corrected chi connectivity index (χ2v) is 4.38. The third kappa shape index (κ3) is 2.51. The smallest absolute Gasteiger partial charge is 0.306 e. The van der Waals surface area contributed by atoms with Crippen molar-refractivity contribution < 1.29 is 9.90 Å². The van der Waals surface area contributed by atoms with Crippen LogP contribution in [0.3, 0.4) is 0 Å². The molecular formula is C12H16N2O2. The maximum Gasteiger partial charge on any atom is 0.306 e. The summed E-state index contributed by atoms with van der Waals surface area (Å²) in [6.45, 7) is 1.94. The number of aliphatic carboxylic acids is 1. The van der Waals surface area contributed by atoms with Gasteiger partial charge in [-0.25, -0.2) is 0 Å². The molecule has 1 aliphatic carbocycles. The Morgan fingerprint density at radius 2 is 2.38 bits per heavy atom. The van der Waals surface area contributed by atoms with Gasteiger partial charge in [-0.3, -0.25) is 9.78 Å². The summed E-state index contributed by atoms with van der Waals surface area (Å²) in [4.78, 5) is 14.9. The highest BCUT2D eigenvalue weighted by Gasteiger charge is 2.29. The third-order valence-electron chi connectivity index (χ3n) is 3.05. The second-order valence-electron chi connectivity index (χ2n) is 4.38. The lowest BCUT2D eigenvalue weighted by atomic mass is 10.1. The zero-order valence-corrected chi connectivity index (χ0v) is 9.31. The molecule has 1 heterocycles. The summed E-state index contributed by atoms with van der Waals surface area (Å²) in [7, 11) is 0. The molecule has 86 valence electrons. The quantitative estimate of drug-likeness (QED) is 0.818. The van der Waals surface area contributed by atoms with Gasteiger partial charge in [-0.2, -0.15) is 0 Å². The molecular weight excluding hydrogens is 204 g/mol. The van der Waals surface area contributed by atoms with Gasteiger partial charge in [0, 0.05) is 23.6 Å². The Morgan fingerprint density at radius 1 is 1.56 bits per heavy atom. The summed E-state index contributed by atoms with van der Waals surface area (Å²) in [6, 6.07) is 4.18. The molecule has 4 heteroatoms. The molecule has 1 aliphatic rings. The predicted molar refractivity (Wildman–Crippen MR) is 61.4 cm³/mol. The largest absolute Gasteiger partial charge is 0.481 e. The Kier molecular flexibility index (Phi) is 3.08. The molecule has 4 nitrogen and oxygen atoms in total. The summed E-state index contributed by atoms with van der Waals surface area (Å²) < 4.78 is 0. The Balaban J connectivity index is 1.94. The molecule has 1 aromatic rings. The molecule has 2 N–H and O–H groups in total. The molecule has 2 rings (SSSR count). The lowest BCUT2D eigenvalue weighted by molar-refractivity contribution is -0.141. The normalized spacial score (nSPS) is 24.3. The van der Waals surface area contributed by atoms with E-state index in [2.05, 4.69) is 10.3 Å². The lowest BCUT2D eigenvalue weighted by Gasteiger charge is -2.13. The highest BCUT2D eigenvalue weighted by molar-refractivity contribution is 5.70. The van der Waals surface area contributed by atoms with E-state index in [4.69, 9.17) is 5.11 Å². The van der Waals surface area contributed by atoms with Gasteiger partial charge in [0.15, 0.2) is 0 Å². The Labute approximate surface area is 94.7 Å². The number of nitrogens with zero attached hydrogens (tertiary/aromatic N) is 1. The van der Waals surface area contributed by atoms with Gasteiger partial charge in [-0.05, 0) is 38.3 Å². The van der Waals surface area contributed by atoms with E-state index in [-0.39, 0.29) is 12.0 Å².